The van der Waals surface area contributed by atoms with Crippen LogP contribution >= 0.6 is 0 Å². The van der Waals surface area contributed by atoms with Crippen LogP contribution in [-0.4, -0.2) is 37.1 Å². The van der Waals surface area contributed by atoms with Gasteiger partial charge in [0.2, 0.25) is 0 Å². The lowest BCUT2D eigenvalue weighted by Gasteiger charge is -2.23. The highest BCUT2D eigenvalue weighted by Gasteiger charge is 2.22. The van der Waals surface area contributed by atoms with E-state index < -0.39 is 0 Å². The van der Waals surface area contributed by atoms with Gasteiger partial charge >= 0.3 is 0 Å². The van der Waals surface area contributed by atoms with Crippen LogP contribution in [0.3, 0.4) is 0 Å². The van der Waals surface area contributed by atoms with Crippen molar-refractivity contribution >= 4 is 0 Å². The smallest absolute Gasteiger partial charge is 0.0683 e. The standard InChI is InChI=1S/C14H27N3/c1-4-17-10-5-7-13(17)11-16-9-6-8-14(2,3)12-15/h13,16H,4-11H2,1-3H3. The van der Waals surface area contributed by atoms with Crippen LogP contribution in [0.25, 0.3) is 0 Å². The first-order chi connectivity index (χ1) is 8.09. The third-order valence-electron chi connectivity index (χ3n) is 3.74. The van der Waals surface area contributed by atoms with Gasteiger partial charge in [0, 0.05) is 12.6 Å². The molecule has 0 aromatic rings. The molecule has 1 fully saturated rings. The highest BCUT2D eigenvalue weighted by molar-refractivity contribution is 4.91. The first-order valence-corrected chi connectivity index (χ1v) is 6.95. The normalized spacial score (nSPS) is 21.6. The van der Waals surface area contributed by atoms with Gasteiger partial charge in [-0.1, -0.05) is 6.92 Å². The Kier molecular flexibility index (Phi) is 5.94. The lowest BCUT2D eigenvalue weighted by Crippen LogP contribution is -2.38. The van der Waals surface area contributed by atoms with Crippen molar-refractivity contribution in [2.45, 2.75) is 52.5 Å². The monoisotopic (exact) mass is 237 g/mol. The maximum Gasteiger partial charge on any atom is 0.0683 e. The summed E-state index contributed by atoms with van der Waals surface area (Å²) < 4.78 is 0. The average Bonchev–Trinajstić information content (AvgIpc) is 2.76. The molecular formula is C14H27N3. The van der Waals surface area contributed by atoms with Gasteiger partial charge in [0.05, 0.1) is 11.5 Å². The Labute approximate surface area is 106 Å². The van der Waals surface area contributed by atoms with Crippen molar-refractivity contribution in [2.75, 3.05) is 26.2 Å². The summed E-state index contributed by atoms with van der Waals surface area (Å²) in [7, 11) is 0. The van der Waals surface area contributed by atoms with Crippen LogP contribution in [0.5, 0.6) is 0 Å². The molecular weight excluding hydrogens is 210 g/mol. The number of nitriles is 1. The van der Waals surface area contributed by atoms with E-state index in [0.29, 0.717) is 0 Å². The van der Waals surface area contributed by atoms with Gasteiger partial charge in [-0.2, -0.15) is 5.26 Å². The molecule has 0 radical (unpaired) electrons. The maximum atomic E-state index is 8.91. The first-order valence-electron chi connectivity index (χ1n) is 6.95. The molecule has 1 rings (SSSR count). The minimum Gasteiger partial charge on any atom is -0.315 e. The Morgan fingerprint density at radius 2 is 2.24 bits per heavy atom. The first kappa shape index (κ1) is 14.5. The van der Waals surface area contributed by atoms with Crippen LogP contribution < -0.4 is 5.32 Å². The van der Waals surface area contributed by atoms with Crippen LogP contribution in [0.2, 0.25) is 0 Å². The zero-order valence-electron chi connectivity index (χ0n) is 11.6. The van der Waals surface area contributed by atoms with E-state index >= 15 is 0 Å². The molecule has 0 amide bonds. The molecule has 1 unspecified atom stereocenters. The summed E-state index contributed by atoms with van der Waals surface area (Å²) in [5.41, 5.74) is -0.162. The Hall–Kier alpha value is -0.590. The molecule has 1 heterocycles. The van der Waals surface area contributed by atoms with Gasteiger partial charge in [-0.25, -0.2) is 0 Å². The minimum absolute atomic E-state index is 0.162. The second kappa shape index (κ2) is 6.98. The van der Waals surface area contributed by atoms with Crippen LogP contribution in [0.4, 0.5) is 0 Å². The van der Waals surface area contributed by atoms with Crippen LogP contribution in [0.1, 0.15) is 46.5 Å². The minimum atomic E-state index is -0.162. The lowest BCUT2D eigenvalue weighted by atomic mass is 9.90. The fourth-order valence-electron chi connectivity index (χ4n) is 2.52. The van der Waals surface area contributed by atoms with Gasteiger partial charge in [0.1, 0.15) is 0 Å². The van der Waals surface area contributed by atoms with Crippen molar-refractivity contribution < 1.29 is 0 Å². The van der Waals surface area contributed by atoms with E-state index in [0.717, 1.165) is 32.0 Å². The van der Waals surface area contributed by atoms with Crippen molar-refractivity contribution in [2.24, 2.45) is 5.41 Å². The summed E-state index contributed by atoms with van der Waals surface area (Å²) >= 11 is 0. The number of rotatable bonds is 7. The van der Waals surface area contributed by atoms with Crippen molar-refractivity contribution in [3.8, 4) is 6.07 Å². The summed E-state index contributed by atoms with van der Waals surface area (Å²) in [5, 5.41) is 12.4. The van der Waals surface area contributed by atoms with E-state index in [2.05, 4.69) is 23.2 Å². The molecule has 1 atom stereocenters. The molecule has 3 nitrogen and oxygen atoms in total. The molecule has 0 saturated carbocycles. The molecule has 17 heavy (non-hydrogen) atoms. The van der Waals surface area contributed by atoms with Crippen molar-refractivity contribution in [1.29, 1.82) is 5.26 Å². The van der Waals surface area contributed by atoms with Crippen LogP contribution in [0, 0.1) is 16.7 Å². The fourth-order valence-corrected chi connectivity index (χ4v) is 2.52. The Morgan fingerprint density at radius 1 is 1.47 bits per heavy atom. The molecule has 0 aliphatic carbocycles. The lowest BCUT2D eigenvalue weighted by molar-refractivity contribution is 0.259. The van der Waals surface area contributed by atoms with E-state index in [1.54, 1.807) is 0 Å². The van der Waals surface area contributed by atoms with Crippen LogP contribution in [-0.2, 0) is 0 Å². The largest absolute Gasteiger partial charge is 0.315 e. The molecule has 98 valence electrons. The average molecular weight is 237 g/mol. The van der Waals surface area contributed by atoms with E-state index in [1.807, 2.05) is 13.8 Å². The number of hydrogen-bond donors (Lipinski definition) is 1. The molecule has 0 aromatic heterocycles. The molecule has 0 spiro atoms. The van der Waals surface area contributed by atoms with E-state index in [9.17, 15) is 0 Å². The number of hydrogen-bond acceptors (Lipinski definition) is 3. The highest BCUT2D eigenvalue weighted by Crippen LogP contribution is 2.20. The summed E-state index contributed by atoms with van der Waals surface area (Å²) in [5.74, 6) is 0. The van der Waals surface area contributed by atoms with Crippen LogP contribution in [0.15, 0.2) is 0 Å². The molecule has 1 aliphatic rings. The Bertz CT molecular complexity index is 255. The SMILES string of the molecule is CCN1CCCC1CNCCCC(C)(C)C#N. The maximum absolute atomic E-state index is 8.91. The van der Waals surface area contributed by atoms with Gasteiger partial charge in [0.25, 0.3) is 0 Å². The molecule has 1 aliphatic heterocycles. The molecule has 1 saturated heterocycles. The van der Waals surface area contributed by atoms with Crippen molar-refractivity contribution in [1.82, 2.24) is 10.2 Å². The van der Waals surface area contributed by atoms with Gasteiger partial charge in [-0.15, -0.1) is 0 Å². The molecule has 3 heteroatoms. The molecule has 0 aromatic carbocycles. The zero-order valence-corrected chi connectivity index (χ0v) is 11.6. The van der Waals surface area contributed by atoms with E-state index in [1.165, 1.54) is 25.9 Å². The Balaban J connectivity index is 2.07. The summed E-state index contributed by atoms with van der Waals surface area (Å²) in [6.07, 6.45) is 4.77. The van der Waals surface area contributed by atoms with Crippen molar-refractivity contribution in [3.63, 3.8) is 0 Å². The topological polar surface area (TPSA) is 39.1 Å². The second-order valence-electron chi connectivity index (χ2n) is 5.73. The predicted molar refractivity (Wildman–Crippen MR) is 71.8 cm³/mol. The summed E-state index contributed by atoms with van der Waals surface area (Å²) in [6, 6.07) is 3.09. The van der Waals surface area contributed by atoms with Gasteiger partial charge in [-0.05, 0) is 59.2 Å². The number of likely N-dealkylation sites (tertiary alicyclic amines) is 1. The summed E-state index contributed by atoms with van der Waals surface area (Å²) in [4.78, 5) is 2.56. The quantitative estimate of drug-likeness (QED) is 0.691. The predicted octanol–water partition coefficient (Wildman–Crippen LogP) is 2.39. The van der Waals surface area contributed by atoms with Gasteiger partial charge < -0.3 is 5.32 Å². The van der Waals surface area contributed by atoms with E-state index in [4.69, 9.17) is 5.26 Å². The second-order valence-corrected chi connectivity index (χ2v) is 5.73. The third kappa shape index (κ3) is 5.06. The highest BCUT2D eigenvalue weighted by atomic mass is 15.2. The number of nitrogens with zero attached hydrogens (tertiary/aromatic N) is 2. The van der Waals surface area contributed by atoms with Crippen molar-refractivity contribution in [3.05, 3.63) is 0 Å². The fraction of sp³-hybridized carbons (Fsp3) is 0.929. The summed E-state index contributed by atoms with van der Waals surface area (Å²) in [6.45, 7) is 10.9. The molecule has 0 bridgehead atoms. The van der Waals surface area contributed by atoms with Gasteiger partial charge in [0.15, 0.2) is 0 Å². The zero-order chi connectivity index (χ0) is 12.7. The van der Waals surface area contributed by atoms with Gasteiger partial charge in [-0.3, -0.25) is 4.90 Å². The third-order valence-corrected chi connectivity index (χ3v) is 3.74. The molecule has 1 N–H and O–H groups in total. The number of likely N-dealkylation sites (N-methyl/N-ethyl adjacent to an activating group) is 1. The number of nitrogens with one attached hydrogen (secondary N) is 1. The Morgan fingerprint density at radius 3 is 2.88 bits per heavy atom. The van der Waals surface area contributed by atoms with E-state index in [-0.39, 0.29) is 5.41 Å².